The molecule has 5 nitrogen and oxygen atoms in total. The number of nitrogens with one attached hydrogen (secondary N) is 1. The number of rotatable bonds is 6. The van der Waals surface area contributed by atoms with Gasteiger partial charge in [0, 0.05) is 28.3 Å². The van der Waals surface area contributed by atoms with Crippen LogP contribution in [0.5, 0.6) is 0 Å². The number of benzene rings is 2. The molecule has 0 aliphatic carbocycles. The van der Waals surface area contributed by atoms with Gasteiger partial charge in [0.1, 0.15) is 11.5 Å². The lowest BCUT2D eigenvalue weighted by Crippen LogP contribution is -2.01. The summed E-state index contributed by atoms with van der Waals surface area (Å²) in [5.74, 6) is -0.165. The van der Waals surface area contributed by atoms with Gasteiger partial charge < -0.3 is 10.4 Å². The van der Waals surface area contributed by atoms with Crippen LogP contribution < -0.4 is 5.32 Å². The van der Waals surface area contributed by atoms with E-state index < -0.39 is 0 Å². The van der Waals surface area contributed by atoms with Crippen LogP contribution in [0, 0.1) is 13.8 Å². The van der Waals surface area contributed by atoms with Crippen LogP contribution in [0.15, 0.2) is 83.4 Å². The molecule has 0 saturated carbocycles. The first kappa shape index (κ1) is 20.6. The number of nitrogens with zero attached hydrogens (tertiary/aromatic N) is 2. The molecule has 0 bridgehead atoms. The Bertz CT molecular complexity index is 962. The van der Waals surface area contributed by atoms with Crippen molar-refractivity contribution in [3.63, 3.8) is 0 Å². The Kier molecular flexibility index (Phi) is 7.06. The van der Waals surface area contributed by atoms with E-state index in [-0.39, 0.29) is 15.4 Å². The predicted molar refractivity (Wildman–Crippen MR) is 119 cm³/mol. The van der Waals surface area contributed by atoms with Crippen molar-refractivity contribution in [2.45, 2.75) is 13.8 Å². The number of hydrogen-bond acceptors (Lipinski definition) is 4. The fraction of sp³-hybridized carbons (Fsp3) is 0.0952. The van der Waals surface area contributed by atoms with Crippen LogP contribution in [0.1, 0.15) is 11.1 Å². The second kappa shape index (κ2) is 9.27. The summed E-state index contributed by atoms with van der Waals surface area (Å²) < 4.78 is -0.121. The lowest BCUT2D eigenvalue weighted by molar-refractivity contribution is 0.271. The van der Waals surface area contributed by atoms with Crippen LogP contribution in [0.4, 0.5) is 16.2 Å². The smallest absolute Gasteiger partial charge is 0.284 e. The first-order chi connectivity index (χ1) is 12.8. The van der Waals surface area contributed by atoms with Crippen molar-refractivity contribution in [3.05, 3.63) is 84.3 Å². The summed E-state index contributed by atoms with van der Waals surface area (Å²) in [5.41, 5.74) is 5.76. The van der Waals surface area contributed by atoms with E-state index in [1.807, 2.05) is 50.2 Å². The normalized spacial score (nSPS) is 11.4. The first-order valence-corrected chi connectivity index (χ1v) is 9.20. The van der Waals surface area contributed by atoms with Crippen LogP contribution in [0.25, 0.3) is 11.1 Å². The van der Waals surface area contributed by atoms with Gasteiger partial charge in [-0.25, -0.2) is 0 Å². The average molecular weight is 473 g/mol. The summed E-state index contributed by atoms with van der Waals surface area (Å²) in [7, 11) is 0. The maximum Gasteiger partial charge on any atom is 0.284 e. The summed E-state index contributed by atoms with van der Waals surface area (Å²) in [6, 6.07) is 11.7. The van der Waals surface area contributed by atoms with Crippen LogP contribution in [-0.2, 0) is 0 Å². The van der Waals surface area contributed by atoms with Crippen molar-refractivity contribution in [3.8, 4) is 11.1 Å². The quantitative estimate of drug-likeness (QED) is 0.117. The molecular weight excluding hydrogens is 453 g/mol. The van der Waals surface area contributed by atoms with Crippen molar-refractivity contribution < 1.29 is 9.90 Å². The molecule has 2 rings (SSSR count). The number of aryl methyl sites for hydroxylation is 2. The second-order valence-corrected chi connectivity index (χ2v) is 6.84. The van der Waals surface area contributed by atoms with Crippen molar-refractivity contribution in [1.82, 2.24) is 0 Å². The third kappa shape index (κ3) is 5.62. The number of anilines is 1. The lowest BCUT2D eigenvalue weighted by atomic mass is 10.00. The van der Waals surface area contributed by atoms with E-state index in [9.17, 15) is 9.90 Å². The van der Waals surface area contributed by atoms with E-state index in [1.54, 1.807) is 22.6 Å². The minimum atomic E-state index is -0.165. The molecule has 0 fully saturated rings. The van der Waals surface area contributed by atoms with Crippen LogP contribution in [0.2, 0.25) is 0 Å². The van der Waals surface area contributed by atoms with Gasteiger partial charge in [-0.3, -0.25) is 4.79 Å². The molecule has 0 atom stereocenters. The molecule has 2 aromatic rings. The molecule has 0 aliphatic heterocycles. The van der Waals surface area contributed by atoms with Gasteiger partial charge in [-0.2, -0.15) is 5.11 Å². The number of amides is 1. The summed E-state index contributed by atoms with van der Waals surface area (Å²) in [4.78, 5) is 11.2. The molecule has 0 saturated heterocycles. The number of azo groups is 1. The third-order valence-corrected chi connectivity index (χ3v) is 4.10. The minimum absolute atomic E-state index is 0.121. The fourth-order valence-corrected chi connectivity index (χ4v) is 2.73. The number of allylic oxidation sites excluding steroid dienone is 2. The largest absolute Gasteiger partial charge is 0.506 e. The van der Waals surface area contributed by atoms with Crippen LogP contribution in [-0.4, -0.2) is 9.02 Å². The monoisotopic (exact) mass is 473 g/mol. The highest BCUT2D eigenvalue weighted by atomic mass is 127. The van der Waals surface area contributed by atoms with E-state index in [1.165, 1.54) is 12.2 Å². The van der Waals surface area contributed by atoms with Gasteiger partial charge in [0.15, 0.2) is 0 Å². The minimum Gasteiger partial charge on any atom is -0.506 e. The van der Waals surface area contributed by atoms with Gasteiger partial charge in [-0.05, 0) is 66.4 Å². The van der Waals surface area contributed by atoms with Gasteiger partial charge in [-0.1, -0.05) is 31.4 Å². The zero-order chi connectivity index (χ0) is 20.0. The van der Waals surface area contributed by atoms with Crippen molar-refractivity contribution in [2.24, 2.45) is 10.2 Å². The van der Waals surface area contributed by atoms with Gasteiger partial charge in [-0.15, -0.1) is 5.11 Å². The summed E-state index contributed by atoms with van der Waals surface area (Å²) in [6.45, 7) is 10.9. The molecule has 0 heterocycles. The average Bonchev–Trinajstić information content (AvgIpc) is 2.60. The van der Waals surface area contributed by atoms with E-state index in [0.717, 1.165) is 27.9 Å². The molecule has 0 unspecified atom stereocenters. The van der Waals surface area contributed by atoms with E-state index >= 15 is 0 Å². The molecular formula is C21H20IN3O2. The Morgan fingerprint density at radius 3 is 2.30 bits per heavy atom. The molecule has 1 amide bonds. The number of aliphatic hydroxyl groups excluding tert-OH is 1. The van der Waals surface area contributed by atoms with Crippen molar-refractivity contribution >= 4 is 37.9 Å². The molecule has 2 aromatic carbocycles. The number of carbonyl (C=O) groups excluding carboxylic acids is 1. The molecule has 138 valence electrons. The highest BCUT2D eigenvalue weighted by molar-refractivity contribution is 14.1. The molecule has 0 aromatic heterocycles. The topological polar surface area (TPSA) is 74.0 Å². The zero-order valence-electron chi connectivity index (χ0n) is 15.2. The van der Waals surface area contributed by atoms with Crippen LogP contribution >= 0.6 is 22.6 Å². The number of aliphatic hydroxyl groups is 1. The van der Waals surface area contributed by atoms with Crippen molar-refractivity contribution in [1.29, 1.82) is 0 Å². The maximum atomic E-state index is 11.2. The molecule has 27 heavy (non-hydrogen) atoms. The molecule has 2 N–H and O–H groups in total. The van der Waals surface area contributed by atoms with Crippen molar-refractivity contribution in [2.75, 3.05) is 5.32 Å². The number of halogens is 1. The Balaban J connectivity index is 2.30. The molecule has 0 spiro atoms. The van der Waals surface area contributed by atoms with Gasteiger partial charge in [0.2, 0.25) is 0 Å². The maximum absolute atomic E-state index is 11.2. The zero-order valence-corrected chi connectivity index (χ0v) is 17.3. The molecule has 0 radical (unpaired) electrons. The standard InChI is InChI=1S/C21H20IN3O2/c1-5-6-20(15(4)26)25-24-19-10-8-17(12-14(19)3)16-7-9-18(13(2)11-16)23-21(22)27/h5-12,26H,1,4H2,2-3H3,(H,23,27)/b20-6+,25-24?. The predicted octanol–water partition coefficient (Wildman–Crippen LogP) is 7.16. The van der Waals surface area contributed by atoms with E-state index in [2.05, 4.69) is 28.7 Å². The van der Waals surface area contributed by atoms with Gasteiger partial charge >= 0.3 is 0 Å². The third-order valence-electron chi connectivity index (χ3n) is 3.83. The Morgan fingerprint density at radius 2 is 1.78 bits per heavy atom. The lowest BCUT2D eigenvalue weighted by Gasteiger charge is -2.10. The highest BCUT2D eigenvalue weighted by Crippen LogP contribution is 2.30. The number of hydrogen-bond donors (Lipinski definition) is 2. The molecule has 0 aliphatic rings. The SMILES string of the molecule is C=C/C=C(/N=Nc1ccc(-c2ccc(NC(=O)I)c(C)c2)cc1C)C(=C)O. The van der Waals surface area contributed by atoms with Gasteiger partial charge in [0.05, 0.1) is 5.69 Å². The fourth-order valence-electron chi connectivity index (χ4n) is 2.44. The molecule has 6 heteroatoms. The Labute approximate surface area is 172 Å². The Hall–Kier alpha value is -2.74. The summed E-state index contributed by atoms with van der Waals surface area (Å²) in [6.07, 6.45) is 3.05. The van der Waals surface area contributed by atoms with Crippen LogP contribution in [0.3, 0.4) is 0 Å². The first-order valence-electron chi connectivity index (χ1n) is 8.12. The highest BCUT2D eigenvalue weighted by Gasteiger charge is 2.06. The summed E-state index contributed by atoms with van der Waals surface area (Å²) >= 11 is 1.71. The second-order valence-electron chi connectivity index (χ2n) is 5.86. The van der Waals surface area contributed by atoms with E-state index in [0.29, 0.717) is 5.69 Å². The number of carbonyl (C=O) groups is 1. The Morgan fingerprint density at radius 1 is 1.15 bits per heavy atom. The van der Waals surface area contributed by atoms with E-state index in [4.69, 9.17) is 0 Å². The summed E-state index contributed by atoms with van der Waals surface area (Å²) in [5, 5.41) is 20.5. The van der Waals surface area contributed by atoms with Gasteiger partial charge in [0.25, 0.3) is 3.91 Å².